The first kappa shape index (κ1) is 14.2. The van der Waals surface area contributed by atoms with Crippen molar-refractivity contribution >= 4 is 46.7 Å². The summed E-state index contributed by atoms with van der Waals surface area (Å²) in [5.74, 6) is -0.0481. The van der Waals surface area contributed by atoms with Gasteiger partial charge in [-0.05, 0) is 36.8 Å². The molecular weight excluding hydrogens is 305 g/mol. The van der Waals surface area contributed by atoms with E-state index in [0.29, 0.717) is 21.3 Å². The van der Waals surface area contributed by atoms with Crippen LogP contribution in [0.4, 0.5) is 5.69 Å². The Bertz CT molecular complexity index is 653. The number of hydrogen-bond acceptors (Lipinski definition) is 2. The molecule has 0 heterocycles. The molecule has 0 saturated heterocycles. The molecule has 1 N–H and O–H groups in total. The predicted octanol–water partition coefficient (Wildman–Crippen LogP) is 5.41. The molecule has 5 heteroatoms. The molecular formula is C14H10Cl3NO. The van der Waals surface area contributed by atoms with Crippen molar-refractivity contribution in [3.05, 3.63) is 56.5 Å². The fourth-order valence-corrected chi connectivity index (χ4v) is 2.17. The van der Waals surface area contributed by atoms with Crippen molar-refractivity contribution in [2.75, 3.05) is 0 Å². The summed E-state index contributed by atoms with van der Waals surface area (Å²) in [7, 11) is 0. The molecule has 0 aliphatic rings. The molecule has 0 aliphatic carbocycles. The predicted molar refractivity (Wildman–Crippen MR) is 81.6 cm³/mol. The van der Waals surface area contributed by atoms with Gasteiger partial charge in [0.25, 0.3) is 0 Å². The summed E-state index contributed by atoms with van der Waals surface area (Å²) < 4.78 is 0. The zero-order valence-electron chi connectivity index (χ0n) is 9.99. The van der Waals surface area contributed by atoms with E-state index in [2.05, 4.69) is 4.99 Å². The van der Waals surface area contributed by atoms with Crippen molar-refractivity contribution < 1.29 is 5.11 Å². The molecule has 2 aromatic carbocycles. The van der Waals surface area contributed by atoms with Gasteiger partial charge in [-0.2, -0.15) is 0 Å². The summed E-state index contributed by atoms with van der Waals surface area (Å²) in [6, 6.07) is 8.51. The number of hydrogen-bond donors (Lipinski definition) is 1. The second-order valence-electron chi connectivity index (χ2n) is 4.02. The van der Waals surface area contributed by atoms with Crippen LogP contribution in [-0.4, -0.2) is 11.3 Å². The van der Waals surface area contributed by atoms with Crippen LogP contribution in [-0.2, 0) is 0 Å². The number of aromatic hydroxyl groups is 1. The highest BCUT2D eigenvalue weighted by Crippen LogP contribution is 2.30. The Kier molecular flexibility index (Phi) is 4.35. The largest absolute Gasteiger partial charge is 0.506 e. The van der Waals surface area contributed by atoms with Gasteiger partial charge in [-0.15, -0.1) is 0 Å². The second-order valence-corrected chi connectivity index (χ2v) is 5.27. The summed E-state index contributed by atoms with van der Waals surface area (Å²) in [4.78, 5) is 4.23. The number of aryl methyl sites for hydroxylation is 1. The topological polar surface area (TPSA) is 32.6 Å². The number of nitrogens with zero attached hydrogens (tertiary/aromatic N) is 1. The zero-order valence-corrected chi connectivity index (χ0v) is 12.3. The lowest BCUT2D eigenvalue weighted by Crippen LogP contribution is -1.84. The Morgan fingerprint density at radius 1 is 1.05 bits per heavy atom. The summed E-state index contributed by atoms with van der Waals surface area (Å²) in [6.07, 6.45) is 1.49. The lowest BCUT2D eigenvalue weighted by atomic mass is 10.2. The van der Waals surface area contributed by atoms with Crippen LogP contribution in [0.3, 0.4) is 0 Å². The summed E-state index contributed by atoms with van der Waals surface area (Å²) >= 11 is 17.7. The molecule has 0 amide bonds. The van der Waals surface area contributed by atoms with Crippen molar-refractivity contribution in [1.82, 2.24) is 0 Å². The second kappa shape index (κ2) is 5.83. The Morgan fingerprint density at radius 3 is 2.47 bits per heavy atom. The van der Waals surface area contributed by atoms with Gasteiger partial charge in [0.1, 0.15) is 5.75 Å². The van der Waals surface area contributed by atoms with Gasteiger partial charge in [0, 0.05) is 21.8 Å². The van der Waals surface area contributed by atoms with Gasteiger partial charge in [-0.25, -0.2) is 0 Å². The highest BCUT2D eigenvalue weighted by atomic mass is 35.5. The van der Waals surface area contributed by atoms with Crippen molar-refractivity contribution in [3.8, 4) is 5.75 Å². The van der Waals surface area contributed by atoms with Crippen LogP contribution in [0.25, 0.3) is 0 Å². The number of rotatable bonds is 2. The van der Waals surface area contributed by atoms with Crippen LogP contribution in [0, 0.1) is 6.92 Å². The van der Waals surface area contributed by atoms with E-state index in [1.165, 1.54) is 12.3 Å². The van der Waals surface area contributed by atoms with E-state index in [1.807, 2.05) is 19.1 Å². The number of aliphatic imine (C=N–C) groups is 1. The maximum atomic E-state index is 9.79. The number of halogens is 3. The SMILES string of the molecule is Cc1ccc(N=Cc2cc(Cl)cc(Cl)c2O)cc1Cl. The van der Waals surface area contributed by atoms with Crippen LogP contribution in [0.5, 0.6) is 5.75 Å². The fourth-order valence-electron chi connectivity index (χ4n) is 1.49. The normalized spacial score (nSPS) is 11.2. The van der Waals surface area contributed by atoms with Gasteiger partial charge in [0.2, 0.25) is 0 Å². The molecule has 0 radical (unpaired) electrons. The Labute approximate surface area is 126 Å². The smallest absolute Gasteiger partial charge is 0.143 e. The molecule has 2 rings (SSSR count). The Balaban J connectivity index is 2.35. The van der Waals surface area contributed by atoms with Crippen LogP contribution in [0.2, 0.25) is 15.1 Å². The Hall–Kier alpha value is -1.22. The van der Waals surface area contributed by atoms with Gasteiger partial charge < -0.3 is 5.11 Å². The van der Waals surface area contributed by atoms with E-state index in [9.17, 15) is 5.11 Å². The van der Waals surface area contributed by atoms with Crippen molar-refractivity contribution in [3.63, 3.8) is 0 Å². The summed E-state index contributed by atoms with van der Waals surface area (Å²) in [5, 5.41) is 11.1. The first-order valence-corrected chi connectivity index (χ1v) is 6.59. The minimum absolute atomic E-state index is 0.0481. The molecule has 0 fully saturated rings. The van der Waals surface area contributed by atoms with E-state index >= 15 is 0 Å². The maximum Gasteiger partial charge on any atom is 0.143 e. The molecule has 2 nitrogen and oxygen atoms in total. The first-order chi connectivity index (χ1) is 8.97. The van der Waals surface area contributed by atoms with E-state index < -0.39 is 0 Å². The maximum absolute atomic E-state index is 9.79. The zero-order chi connectivity index (χ0) is 14.0. The molecule has 0 spiro atoms. The third kappa shape index (κ3) is 3.41. The average Bonchev–Trinajstić information content (AvgIpc) is 2.36. The third-order valence-corrected chi connectivity index (χ3v) is 3.48. The molecule has 0 atom stereocenters. The Morgan fingerprint density at radius 2 is 1.79 bits per heavy atom. The molecule has 0 bridgehead atoms. The molecule has 0 saturated carbocycles. The van der Waals surface area contributed by atoms with Gasteiger partial charge in [0.05, 0.1) is 10.7 Å². The highest BCUT2D eigenvalue weighted by Gasteiger charge is 2.06. The highest BCUT2D eigenvalue weighted by molar-refractivity contribution is 6.36. The first-order valence-electron chi connectivity index (χ1n) is 5.45. The van der Waals surface area contributed by atoms with E-state index in [1.54, 1.807) is 12.1 Å². The molecule has 2 aromatic rings. The quantitative estimate of drug-likeness (QED) is 0.738. The van der Waals surface area contributed by atoms with E-state index in [0.717, 1.165) is 5.56 Å². The molecule has 0 aliphatic heterocycles. The van der Waals surface area contributed by atoms with E-state index in [4.69, 9.17) is 34.8 Å². The minimum Gasteiger partial charge on any atom is -0.506 e. The number of phenolic OH excluding ortho intramolecular Hbond substituents is 1. The van der Waals surface area contributed by atoms with Gasteiger partial charge in [-0.3, -0.25) is 4.99 Å². The fraction of sp³-hybridized carbons (Fsp3) is 0.0714. The van der Waals surface area contributed by atoms with Crippen LogP contribution in [0.15, 0.2) is 35.3 Å². The lowest BCUT2D eigenvalue weighted by molar-refractivity contribution is 0.475. The van der Waals surface area contributed by atoms with Gasteiger partial charge in [-0.1, -0.05) is 40.9 Å². The summed E-state index contributed by atoms with van der Waals surface area (Å²) in [6.45, 7) is 1.92. The standard InChI is InChI=1S/C14H10Cl3NO/c1-8-2-3-11(6-12(8)16)18-7-9-4-10(15)5-13(17)14(9)19/h2-7,19H,1H3. The summed E-state index contributed by atoms with van der Waals surface area (Å²) in [5.41, 5.74) is 2.12. The minimum atomic E-state index is -0.0481. The average molecular weight is 315 g/mol. The molecule has 0 unspecified atom stereocenters. The molecule has 98 valence electrons. The number of phenols is 1. The van der Waals surface area contributed by atoms with Gasteiger partial charge >= 0.3 is 0 Å². The number of benzene rings is 2. The molecule has 0 aromatic heterocycles. The van der Waals surface area contributed by atoms with Gasteiger partial charge in [0.15, 0.2) is 0 Å². The van der Waals surface area contributed by atoms with Crippen LogP contribution in [0.1, 0.15) is 11.1 Å². The third-order valence-electron chi connectivity index (χ3n) is 2.57. The lowest BCUT2D eigenvalue weighted by Gasteiger charge is -2.03. The van der Waals surface area contributed by atoms with Crippen molar-refractivity contribution in [2.45, 2.75) is 6.92 Å². The van der Waals surface area contributed by atoms with Crippen molar-refractivity contribution in [1.29, 1.82) is 0 Å². The van der Waals surface area contributed by atoms with E-state index in [-0.39, 0.29) is 10.8 Å². The van der Waals surface area contributed by atoms with Crippen LogP contribution >= 0.6 is 34.8 Å². The molecule has 19 heavy (non-hydrogen) atoms. The van der Waals surface area contributed by atoms with Crippen LogP contribution < -0.4 is 0 Å². The monoisotopic (exact) mass is 313 g/mol. The van der Waals surface area contributed by atoms with Crippen molar-refractivity contribution in [2.24, 2.45) is 4.99 Å².